The Labute approximate surface area is 157 Å². The van der Waals surface area contributed by atoms with E-state index in [2.05, 4.69) is 34.4 Å². The van der Waals surface area contributed by atoms with Crippen molar-refractivity contribution in [3.8, 4) is 0 Å². The number of nitrogens with one attached hydrogen (secondary N) is 2. The topological polar surface area (TPSA) is 66.9 Å². The van der Waals surface area contributed by atoms with Crippen molar-refractivity contribution in [1.29, 1.82) is 0 Å². The summed E-state index contributed by atoms with van der Waals surface area (Å²) in [6.07, 6.45) is 4.56. The normalized spacial score (nSPS) is 11.8. The fourth-order valence-corrected chi connectivity index (χ4v) is 3.37. The average molecular weight is 366 g/mol. The van der Waals surface area contributed by atoms with Gasteiger partial charge in [-0.05, 0) is 31.0 Å². The number of hydrogen-bond acceptors (Lipinski definition) is 5. The largest absolute Gasteiger partial charge is 0.376 e. The summed E-state index contributed by atoms with van der Waals surface area (Å²) in [7, 11) is 0. The molecule has 1 unspecified atom stereocenters. The lowest BCUT2D eigenvalue weighted by Crippen LogP contribution is -2.23. The first kappa shape index (κ1) is 18.1. The van der Waals surface area contributed by atoms with Crippen molar-refractivity contribution in [2.75, 3.05) is 5.32 Å². The van der Waals surface area contributed by atoms with Crippen LogP contribution in [0.5, 0.6) is 0 Å². The maximum atomic E-state index is 12.4. The van der Waals surface area contributed by atoms with Crippen LogP contribution in [0.4, 0.5) is 5.69 Å². The SMILES string of the molecule is CCc1cnc(C(C)Nc2ccnc(C(=O)NCc3ccccc3)c2)s1. The highest BCUT2D eigenvalue weighted by molar-refractivity contribution is 7.11. The van der Waals surface area contributed by atoms with Gasteiger partial charge in [-0.15, -0.1) is 11.3 Å². The van der Waals surface area contributed by atoms with Crippen LogP contribution in [0.2, 0.25) is 0 Å². The number of pyridine rings is 1. The van der Waals surface area contributed by atoms with Gasteiger partial charge >= 0.3 is 0 Å². The summed E-state index contributed by atoms with van der Waals surface area (Å²) in [6, 6.07) is 13.5. The first-order valence-corrected chi connectivity index (χ1v) is 9.46. The van der Waals surface area contributed by atoms with Crippen molar-refractivity contribution in [3.63, 3.8) is 0 Å². The average Bonchev–Trinajstić information content (AvgIpc) is 3.16. The van der Waals surface area contributed by atoms with Crippen LogP contribution in [0.15, 0.2) is 54.9 Å². The maximum absolute atomic E-state index is 12.4. The molecule has 2 N–H and O–H groups in total. The molecule has 1 amide bonds. The summed E-state index contributed by atoms with van der Waals surface area (Å²) in [5.41, 5.74) is 2.30. The minimum Gasteiger partial charge on any atom is -0.376 e. The highest BCUT2D eigenvalue weighted by Crippen LogP contribution is 2.24. The summed E-state index contributed by atoms with van der Waals surface area (Å²) < 4.78 is 0. The molecule has 134 valence electrons. The molecule has 0 saturated carbocycles. The van der Waals surface area contributed by atoms with Crippen LogP contribution in [0.3, 0.4) is 0 Å². The summed E-state index contributed by atoms with van der Waals surface area (Å²) in [4.78, 5) is 22.3. The molecule has 0 spiro atoms. The molecular weight excluding hydrogens is 344 g/mol. The maximum Gasteiger partial charge on any atom is 0.270 e. The van der Waals surface area contributed by atoms with Crippen molar-refractivity contribution in [2.45, 2.75) is 32.9 Å². The first-order chi connectivity index (χ1) is 12.7. The Hall–Kier alpha value is -2.73. The summed E-state index contributed by atoms with van der Waals surface area (Å²) >= 11 is 1.71. The van der Waals surface area contributed by atoms with Gasteiger partial charge in [0.15, 0.2) is 0 Å². The third-order valence-corrected chi connectivity index (χ3v) is 5.29. The molecule has 2 heterocycles. The van der Waals surface area contributed by atoms with Crippen molar-refractivity contribution < 1.29 is 4.79 Å². The Morgan fingerprint density at radius 2 is 2.00 bits per heavy atom. The smallest absolute Gasteiger partial charge is 0.270 e. The van der Waals surface area contributed by atoms with Gasteiger partial charge in [-0.25, -0.2) is 4.98 Å². The quantitative estimate of drug-likeness (QED) is 0.657. The first-order valence-electron chi connectivity index (χ1n) is 8.65. The third-order valence-electron chi connectivity index (χ3n) is 3.96. The number of aromatic nitrogens is 2. The van der Waals surface area contributed by atoms with Gasteiger partial charge in [0, 0.05) is 29.5 Å². The number of hydrogen-bond donors (Lipinski definition) is 2. The molecule has 0 bridgehead atoms. The molecule has 1 aromatic carbocycles. The fraction of sp³-hybridized carbons (Fsp3) is 0.250. The second-order valence-corrected chi connectivity index (χ2v) is 7.13. The minimum absolute atomic E-state index is 0.0722. The number of rotatable bonds is 7. The van der Waals surface area contributed by atoms with E-state index in [1.165, 1.54) is 4.88 Å². The number of amides is 1. The zero-order valence-corrected chi connectivity index (χ0v) is 15.7. The van der Waals surface area contributed by atoms with E-state index in [0.29, 0.717) is 12.2 Å². The van der Waals surface area contributed by atoms with E-state index in [1.54, 1.807) is 23.6 Å². The van der Waals surface area contributed by atoms with Crippen LogP contribution in [-0.2, 0) is 13.0 Å². The highest BCUT2D eigenvalue weighted by atomic mass is 32.1. The Morgan fingerprint density at radius 3 is 2.73 bits per heavy atom. The van der Waals surface area contributed by atoms with Gasteiger partial charge in [0.25, 0.3) is 5.91 Å². The van der Waals surface area contributed by atoms with E-state index in [1.807, 2.05) is 42.6 Å². The molecule has 0 aliphatic rings. The predicted octanol–water partition coefficient (Wildman–Crippen LogP) is 4.20. The van der Waals surface area contributed by atoms with Gasteiger partial charge in [-0.2, -0.15) is 0 Å². The molecule has 0 aliphatic carbocycles. The van der Waals surface area contributed by atoms with Gasteiger partial charge in [-0.1, -0.05) is 37.3 Å². The molecule has 26 heavy (non-hydrogen) atoms. The molecule has 0 saturated heterocycles. The van der Waals surface area contributed by atoms with Gasteiger partial charge in [0.1, 0.15) is 10.7 Å². The summed E-state index contributed by atoms with van der Waals surface area (Å²) in [5.74, 6) is -0.187. The second kappa shape index (κ2) is 8.58. The molecule has 6 heteroatoms. The van der Waals surface area contributed by atoms with E-state index in [4.69, 9.17) is 0 Å². The molecule has 0 fully saturated rings. The number of carbonyl (C=O) groups is 1. The Balaban J connectivity index is 1.62. The van der Waals surface area contributed by atoms with E-state index in [0.717, 1.165) is 22.7 Å². The molecule has 5 nitrogen and oxygen atoms in total. The minimum atomic E-state index is -0.187. The van der Waals surface area contributed by atoms with Crippen LogP contribution in [0.1, 0.15) is 45.8 Å². The van der Waals surface area contributed by atoms with E-state index in [-0.39, 0.29) is 11.9 Å². The fourth-order valence-electron chi connectivity index (χ4n) is 2.51. The van der Waals surface area contributed by atoms with Crippen molar-refractivity contribution >= 4 is 22.9 Å². The summed E-state index contributed by atoms with van der Waals surface area (Å²) in [6.45, 7) is 4.67. The van der Waals surface area contributed by atoms with Crippen LogP contribution in [0, 0.1) is 0 Å². The van der Waals surface area contributed by atoms with Crippen LogP contribution >= 0.6 is 11.3 Å². The van der Waals surface area contributed by atoms with Crippen LogP contribution < -0.4 is 10.6 Å². The second-order valence-electron chi connectivity index (χ2n) is 5.98. The number of nitrogens with zero attached hydrogens (tertiary/aromatic N) is 2. The molecular formula is C20H22N4OS. The third kappa shape index (κ3) is 4.67. The molecule has 0 aliphatic heterocycles. The molecule has 3 aromatic rings. The number of thiazole rings is 1. The number of carbonyl (C=O) groups excluding carboxylic acids is 1. The number of aryl methyl sites for hydroxylation is 1. The lowest BCUT2D eigenvalue weighted by Gasteiger charge is -2.13. The van der Waals surface area contributed by atoms with E-state index in [9.17, 15) is 4.79 Å². The molecule has 2 aromatic heterocycles. The van der Waals surface area contributed by atoms with Gasteiger partial charge < -0.3 is 10.6 Å². The van der Waals surface area contributed by atoms with Gasteiger partial charge in [0.2, 0.25) is 0 Å². The van der Waals surface area contributed by atoms with Gasteiger partial charge in [-0.3, -0.25) is 9.78 Å². The van der Waals surface area contributed by atoms with Crippen molar-refractivity contribution in [1.82, 2.24) is 15.3 Å². The molecule has 0 radical (unpaired) electrons. The standard InChI is InChI=1S/C20H22N4OS/c1-3-17-13-23-20(26-17)14(2)24-16-9-10-21-18(11-16)19(25)22-12-15-7-5-4-6-8-15/h4-11,13-14H,3,12H2,1-2H3,(H,21,24)(H,22,25). The lowest BCUT2D eigenvalue weighted by atomic mass is 10.2. The van der Waals surface area contributed by atoms with E-state index < -0.39 is 0 Å². The number of anilines is 1. The zero-order valence-electron chi connectivity index (χ0n) is 14.9. The Morgan fingerprint density at radius 1 is 1.19 bits per heavy atom. The zero-order chi connectivity index (χ0) is 18.4. The number of benzene rings is 1. The summed E-state index contributed by atoms with van der Waals surface area (Å²) in [5, 5.41) is 7.33. The lowest BCUT2D eigenvalue weighted by molar-refractivity contribution is 0.0946. The molecule has 1 atom stereocenters. The van der Waals surface area contributed by atoms with Crippen LogP contribution in [-0.4, -0.2) is 15.9 Å². The van der Waals surface area contributed by atoms with Crippen molar-refractivity contribution in [3.05, 3.63) is 76.0 Å². The molecule has 3 rings (SSSR count). The van der Waals surface area contributed by atoms with E-state index >= 15 is 0 Å². The Kier molecular flexibility index (Phi) is 5.96. The highest BCUT2D eigenvalue weighted by Gasteiger charge is 2.12. The monoisotopic (exact) mass is 366 g/mol. The van der Waals surface area contributed by atoms with Crippen molar-refractivity contribution in [2.24, 2.45) is 0 Å². The van der Waals surface area contributed by atoms with Gasteiger partial charge in [0.05, 0.1) is 6.04 Å². The van der Waals surface area contributed by atoms with Crippen LogP contribution in [0.25, 0.3) is 0 Å². The predicted molar refractivity (Wildman–Crippen MR) is 105 cm³/mol. The Bertz CT molecular complexity index is 863.